The molecule has 1 N–H and O–H groups in total. The van der Waals surface area contributed by atoms with E-state index in [1.807, 2.05) is 0 Å². The fourth-order valence-corrected chi connectivity index (χ4v) is 3.17. The molecule has 3 aromatic rings. The number of rotatable bonds is 7. The summed E-state index contributed by atoms with van der Waals surface area (Å²) in [7, 11) is 0. The van der Waals surface area contributed by atoms with Crippen LogP contribution in [-0.4, -0.2) is 15.7 Å². The van der Waals surface area contributed by atoms with Crippen molar-refractivity contribution in [3.05, 3.63) is 69.6 Å². The molecule has 0 saturated heterocycles. The lowest BCUT2D eigenvalue weighted by Gasteiger charge is -2.12. The number of para-hydroxylation sites is 1. The molecule has 0 fully saturated rings. The van der Waals surface area contributed by atoms with E-state index in [9.17, 15) is 9.59 Å². The predicted octanol–water partition coefficient (Wildman–Crippen LogP) is 4.88. The molecule has 1 heterocycles. The fraction of sp³-hybridized carbons (Fsp3) is 0.286. The van der Waals surface area contributed by atoms with Gasteiger partial charge in [0, 0.05) is 11.9 Å². The second kappa shape index (κ2) is 8.82. The molecule has 0 radical (unpaired) electrons. The molecule has 0 atom stereocenters. The van der Waals surface area contributed by atoms with Crippen molar-refractivity contribution >= 4 is 34.0 Å². The maximum absolute atomic E-state index is 12.9. The molecule has 5 nitrogen and oxygen atoms in total. The van der Waals surface area contributed by atoms with Gasteiger partial charge in [-0.1, -0.05) is 68.1 Å². The van der Waals surface area contributed by atoms with Gasteiger partial charge in [0.05, 0.1) is 16.1 Å². The Kier molecular flexibility index (Phi) is 6.24. The second-order valence-electron chi connectivity index (χ2n) is 6.42. The van der Waals surface area contributed by atoms with Crippen molar-refractivity contribution < 1.29 is 4.79 Å². The summed E-state index contributed by atoms with van der Waals surface area (Å²) in [6.07, 6.45) is 4.11. The molecule has 2 aromatic carbocycles. The topological polar surface area (TPSA) is 64.0 Å². The molecular formula is C21H22ClN3O2. The highest BCUT2D eigenvalue weighted by molar-refractivity contribution is 6.34. The lowest BCUT2D eigenvalue weighted by atomic mass is 10.1. The van der Waals surface area contributed by atoms with E-state index in [0.29, 0.717) is 28.0 Å². The number of nitrogens with one attached hydrogen (secondary N) is 1. The number of unbranched alkanes of at least 4 members (excludes halogenated alkanes) is 3. The Morgan fingerprint density at radius 3 is 2.48 bits per heavy atom. The second-order valence-corrected chi connectivity index (χ2v) is 6.82. The summed E-state index contributed by atoms with van der Waals surface area (Å²) in [4.78, 5) is 25.6. The average Bonchev–Trinajstić information content (AvgIpc) is 2.68. The Labute approximate surface area is 163 Å². The number of halogens is 1. The van der Waals surface area contributed by atoms with E-state index in [1.54, 1.807) is 48.5 Å². The third kappa shape index (κ3) is 4.37. The molecule has 0 unspecified atom stereocenters. The van der Waals surface area contributed by atoms with Crippen LogP contribution in [0.25, 0.3) is 10.8 Å². The summed E-state index contributed by atoms with van der Waals surface area (Å²) in [5.74, 6) is -0.387. The Hall–Kier alpha value is -2.66. The number of carbonyl (C=O) groups excluding carboxylic acids is 1. The van der Waals surface area contributed by atoms with Gasteiger partial charge < -0.3 is 5.32 Å². The Morgan fingerprint density at radius 1 is 1.04 bits per heavy atom. The van der Waals surface area contributed by atoms with Crippen molar-refractivity contribution in [3.63, 3.8) is 0 Å². The first-order valence-electron chi connectivity index (χ1n) is 9.17. The minimum absolute atomic E-state index is 0.170. The van der Waals surface area contributed by atoms with Gasteiger partial charge in [-0.2, -0.15) is 5.10 Å². The highest BCUT2D eigenvalue weighted by atomic mass is 35.5. The lowest BCUT2D eigenvalue weighted by molar-refractivity contribution is 0.102. The number of benzene rings is 2. The maximum atomic E-state index is 12.9. The highest BCUT2D eigenvalue weighted by Crippen LogP contribution is 2.22. The number of fused-ring (bicyclic) bond motifs is 1. The number of anilines is 1. The van der Waals surface area contributed by atoms with E-state index in [1.165, 1.54) is 4.68 Å². The van der Waals surface area contributed by atoms with E-state index >= 15 is 0 Å². The third-order valence-corrected chi connectivity index (χ3v) is 4.76. The standard InChI is InChI=1S/C21H22ClN3O2/c1-2-3-4-9-14-25-21(27)16-11-6-5-10-15(16)19(24-25)20(26)23-18-13-8-7-12-17(18)22/h5-8,10-13H,2-4,9,14H2,1H3,(H,23,26). The lowest BCUT2D eigenvalue weighted by Crippen LogP contribution is -2.27. The molecule has 0 bridgehead atoms. The third-order valence-electron chi connectivity index (χ3n) is 4.43. The van der Waals surface area contributed by atoms with Crippen LogP contribution in [-0.2, 0) is 6.54 Å². The molecule has 0 spiro atoms. The van der Waals surface area contributed by atoms with Gasteiger partial charge in [0.2, 0.25) is 0 Å². The molecular weight excluding hydrogens is 362 g/mol. The quantitative estimate of drug-likeness (QED) is 0.591. The average molecular weight is 384 g/mol. The largest absolute Gasteiger partial charge is 0.319 e. The zero-order chi connectivity index (χ0) is 19.2. The van der Waals surface area contributed by atoms with Crippen LogP contribution in [0.3, 0.4) is 0 Å². The number of nitrogens with zero attached hydrogens (tertiary/aromatic N) is 2. The number of amides is 1. The predicted molar refractivity (Wildman–Crippen MR) is 110 cm³/mol. The SMILES string of the molecule is CCCCCCn1nc(C(=O)Nc2ccccc2Cl)c2ccccc2c1=O. The Balaban J connectivity index is 1.98. The van der Waals surface area contributed by atoms with Gasteiger partial charge in [0.15, 0.2) is 5.69 Å². The first kappa shape index (κ1) is 19.1. The van der Waals surface area contributed by atoms with Crippen molar-refractivity contribution in [1.82, 2.24) is 9.78 Å². The normalized spacial score (nSPS) is 10.9. The van der Waals surface area contributed by atoms with Crippen LogP contribution >= 0.6 is 11.6 Å². The molecule has 0 aliphatic heterocycles. The number of aromatic nitrogens is 2. The first-order chi connectivity index (χ1) is 13.1. The van der Waals surface area contributed by atoms with Crippen molar-refractivity contribution in [2.24, 2.45) is 0 Å². The number of hydrogen-bond donors (Lipinski definition) is 1. The van der Waals surface area contributed by atoms with Crippen LogP contribution in [0.5, 0.6) is 0 Å². The molecule has 140 valence electrons. The molecule has 0 saturated carbocycles. The molecule has 0 aliphatic carbocycles. The van der Waals surface area contributed by atoms with Crippen LogP contribution in [0, 0.1) is 0 Å². The van der Waals surface area contributed by atoms with Crippen molar-refractivity contribution in [2.45, 2.75) is 39.2 Å². The van der Waals surface area contributed by atoms with Crippen molar-refractivity contribution in [3.8, 4) is 0 Å². The van der Waals surface area contributed by atoms with E-state index in [4.69, 9.17) is 11.6 Å². The Bertz CT molecular complexity index is 1010. The smallest absolute Gasteiger partial charge is 0.276 e. The number of carbonyl (C=O) groups is 1. The van der Waals surface area contributed by atoms with Crippen LogP contribution in [0.15, 0.2) is 53.3 Å². The fourth-order valence-electron chi connectivity index (χ4n) is 2.99. The van der Waals surface area contributed by atoms with Gasteiger partial charge in [0.25, 0.3) is 11.5 Å². The van der Waals surface area contributed by atoms with Gasteiger partial charge >= 0.3 is 0 Å². The maximum Gasteiger partial charge on any atom is 0.276 e. The molecule has 6 heteroatoms. The minimum Gasteiger partial charge on any atom is -0.319 e. The highest BCUT2D eigenvalue weighted by Gasteiger charge is 2.17. The molecule has 27 heavy (non-hydrogen) atoms. The number of hydrogen-bond acceptors (Lipinski definition) is 3. The summed E-state index contributed by atoms with van der Waals surface area (Å²) >= 11 is 6.14. The first-order valence-corrected chi connectivity index (χ1v) is 9.55. The monoisotopic (exact) mass is 383 g/mol. The van der Waals surface area contributed by atoms with E-state index in [0.717, 1.165) is 25.7 Å². The van der Waals surface area contributed by atoms with Gasteiger partial charge in [-0.05, 0) is 24.6 Å². The Morgan fingerprint density at radius 2 is 1.74 bits per heavy atom. The van der Waals surface area contributed by atoms with Gasteiger partial charge in [-0.15, -0.1) is 0 Å². The van der Waals surface area contributed by atoms with E-state index < -0.39 is 0 Å². The molecule has 1 amide bonds. The van der Waals surface area contributed by atoms with Gasteiger partial charge in [-0.3, -0.25) is 9.59 Å². The van der Waals surface area contributed by atoms with Crippen molar-refractivity contribution in [2.75, 3.05) is 5.32 Å². The summed E-state index contributed by atoms with van der Waals surface area (Å²) in [5, 5.41) is 8.64. The molecule has 3 rings (SSSR count). The van der Waals surface area contributed by atoms with Gasteiger partial charge in [0.1, 0.15) is 0 Å². The van der Waals surface area contributed by atoms with Crippen LogP contribution in [0.2, 0.25) is 5.02 Å². The minimum atomic E-state index is -0.387. The molecule has 1 aromatic heterocycles. The van der Waals surface area contributed by atoms with E-state index in [2.05, 4.69) is 17.3 Å². The van der Waals surface area contributed by atoms with Crippen LogP contribution < -0.4 is 10.9 Å². The summed E-state index contributed by atoms with van der Waals surface area (Å²) in [6, 6.07) is 14.1. The number of aryl methyl sites for hydroxylation is 1. The summed E-state index contributed by atoms with van der Waals surface area (Å²) in [5.41, 5.74) is 0.563. The zero-order valence-electron chi connectivity index (χ0n) is 15.2. The summed E-state index contributed by atoms with van der Waals surface area (Å²) < 4.78 is 1.40. The zero-order valence-corrected chi connectivity index (χ0v) is 16.0. The molecule has 0 aliphatic rings. The van der Waals surface area contributed by atoms with Crippen molar-refractivity contribution in [1.29, 1.82) is 0 Å². The van der Waals surface area contributed by atoms with Crippen LogP contribution in [0.1, 0.15) is 43.1 Å². The van der Waals surface area contributed by atoms with Crippen LogP contribution in [0.4, 0.5) is 5.69 Å². The van der Waals surface area contributed by atoms with Gasteiger partial charge in [-0.25, -0.2) is 4.68 Å². The summed E-state index contributed by atoms with van der Waals surface area (Å²) in [6.45, 7) is 2.63. The van der Waals surface area contributed by atoms with E-state index in [-0.39, 0.29) is 17.2 Å².